The molecule has 16 heavy (non-hydrogen) atoms. The SMILES string of the molecule is Cc1sc(/C=C/c2ccsc2)nc1C(=O)O. The normalized spacial score (nSPS) is 11.1. The number of nitrogens with zero attached hydrogens (tertiary/aromatic N) is 1. The van der Waals surface area contributed by atoms with Crippen LogP contribution in [0.2, 0.25) is 0 Å². The lowest BCUT2D eigenvalue weighted by molar-refractivity contribution is 0.0690. The first kappa shape index (κ1) is 11.0. The Labute approximate surface area is 101 Å². The maximum atomic E-state index is 10.8. The summed E-state index contributed by atoms with van der Waals surface area (Å²) in [6.45, 7) is 1.77. The van der Waals surface area contributed by atoms with E-state index in [2.05, 4.69) is 4.98 Å². The van der Waals surface area contributed by atoms with Crippen molar-refractivity contribution >= 4 is 40.8 Å². The van der Waals surface area contributed by atoms with Crippen molar-refractivity contribution in [1.29, 1.82) is 0 Å². The lowest BCUT2D eigenvalue weighted by Crippen LogP contribution is -1.98. The minimum absolute atomic E-state index is 0.148. The predicted molar refractivity (Wildman–Crippen MR) is 67.1 cm³/mol. The number of carboxylic acid groups (broad SMARTS) is 1. The van der Waals surface area contributed by atoms with Gasteiger partial charge in [0.15, 0.2) is 5.69 Å². The number of hydrogen-bond acceptors (Lipinski definition) is 4. The van der Waals surface area contributed by atoms with Crippen molar-refractivity contribution in [3.8, 4) is 0 Å². The zero-order valence-corrected chi connectivity index (χ0v) is 10.1. The summed E-state index contributed by atoms with van der Waals surface area (Å²) in [6, 6.07) is 2.00. The molecule has 0 saturated carbocycles. The van der Waals surface area contributed by atoms with Crippen molar-refractivity contribution in [2.75, 3.05) is 0 Å². The summed E-state index contributed by atoms with van der Waals surface area (Å²) < 4.78 is 0. The first-order valence-corrected chi connectivity index (χ1v) is 6.34. The molecule has 0 saturated heterocycles. The van der Waals surface area contributed by atoms with Gasteiger partial charge in [-0.25, -0.2) is 9.78 Å². The minimum atomic E-state index is -0.969. The van der Waals surface area contributed by atoms with Gasteiger partial charge < -0.3 is 5.11 Å². The van der Waals surface area contributed by atoms with E-state index in [0.29, 0.717) is 0 Å². The lowest BCUT2D eigenvalue weighted by Gasteiger charge is -1.85. The van der Waals surface area contributed by atoms with E-state index in [1.54, 1.807) is 18.3 Å². The van der Waals surface area contributed by atoms with Gasteiger partial charge in [0.2, 0.25) is 0 Å². The van der Waals surface area contributed by atoms with E-state index in [1.807, 2.05) is 29.0 Å². The predicted octanol–water partition coefficient (Wildman–Crippen LogP) is 3.38. The van der Waals surface area contributed by atoms with Crippen molar-refractivity contribution in [2.24, 2.45) is 0 Å². The Morgan fingerprint density at radius 2 is 2.31 bits per heavy atom. The van der Waals surface area contributed by atoms with Crippen LogP contribution in [0.25, 0.3) is 12.2 Å². The lowest BCUT2D eigenvalue weighted by atomic mass is 10.3. The van der Waals surface area contributed by atoms with E-state index in [4.69, 9.17) is 5.11 Å². The average Bonchev–Trinajstić information content (AvgIpc) is 2.83. The number of thiazole rings is 1. The Morgan fingerprint density at radius 1 is 1.50 bits per heavy atom. The summed E-state index contributed by atoms with van der Waals surface area (Å²) in [7, 11) is 0. The van der Waals surface area contributed by atoms with Crippen molar-refractivity contribution in [3.63, 3.8) is 0 Å². The van der Waals surface area contributed by atoms with E-state index in [0.717, 1.165) is 15.4 Å². The van der Waals surface area contributed by atoms with Crippen LogP contribution < -0.4 is 0 Å². The Bertz CT molecular complexity index is 526. The van der Waals surface area contributed by atoms with Crippen LogP contribution in [0.1, 0.15) is 25.9 Å². The molecule has 5 heteroatoms. The molecular weight excluding hydrogens is 242 g/mol. The smallest absolute Gasteiger partial charge is 0.355 e. The summed E-state index contributed by atoms with van der Waals surface area (Å²) in [6.07, 6.45) is 3.77. The van der Waals surface area contributed by atoms with Gasteiger partial charge in [0.25, 0.3) is 0 Å². The highest BCUT2D eigenvalue weighted by atomic mass is 32.1. The van der Waals surface area contributed by atoms with Gasteiger partial charge >= 0.3 is 5.97 Å². The highest BCUT2D eigenvalue weighted by Gasteiger charge is 2.12. The third-order valence-electron chi connectivity index (χ3n) is 1.98. The number of thiophene rings is 1. The Balaban J connectivity index is 2.23. The molecule has 0 aromatic carbocycles. The zero-order chi connectivity index (χ0) is 11.5. The van der Waals surface area contributed by atoms with E-state index >= 15 is 0 Å². The molecule has 0 radical (unpaired) electrons. The molecule has 3 nitrogen and oxygen atoms in total. The van der Waals surface area contributed by atoms with Crippen molar-refractivity contribution < 1.29 is 9.90 Å². The number of rotatable bonds is 3. The van der Waals surface area contributed by atoms with Crippen LogP contribution in [0.4, 0.5) is 0 Å². The van der Waals surface area contributed by atoms with E-state index in [9.17, 15) is 4.79 Å². The van der Waals surface area contributed by atoms with E-state index in [1.165, 1.54) is 11.3 Å². The number of aromatic carboxylic acids is 1. The third-order valence-corrected chi connectivity index (χ3v) is 3.61. The topological polar surface area (TPSA) is 50.2 Å². The second kappa shape index (κ2) is 4.59. The summed E-state index contributed by atoms with van der Waals surface area (Å²) in [5.74, 6) is -0.969. The Hall–Kier alpha value is -1.46. The average molecular weight is 251 g/mol. The van der Waals surface area contributed by atoms with Gasteiger partial charge in [-0.1, -0.05) is 6.08 Å². The van der Waals surface area contributed by atoms with Gasteiger partial charge in [0.05, 0.1) is 0 Å². The third kappa shape index (κ3) is 2.37. The highest BCUT2D eigenvalue weighted by Crippen LogP contribution is 2.20. The van der Waals surface area contributed by atoms with Crippen LogP contribution >= 0.6 is 22.7 Å². The maximum Gasteiger partial charge on any atom is 0.355 e. The van der Waals surface area contributed by atoms with Gasteiger partial charge in [-0.15, -0.1) is 11.3 Å². The standard InChI is InChI=1S/C11H9NO2S2/c1-7-10(11(13)14)12-9(16-7)3-2-8-4-5-15-6-8/h2-6H,1H3,(H,13,14)/b3-2+. The molecule has 2 heterocycles. The van der Waals surface area contributed by atoms with Crippen molar-refractivity contribution in [1.82, 2.24) is 4.98 Å². The van der Waals surface area contributed by atoms with Gasteiger partial charge in [-0.3, -0.25) is 0 Å². The van der Waals surface area contributed by atoms with Crippen LogP contribution in [-0.4, -0.2) is 16.1 Å². The number of aromatic nitrogens is 1. The fourth-order valence-electron chi connectivity index (χ4n) is 1.22. The number of hydrogen-bond donors (Lipinski definition) is 1. The maximum absolute atomic E-state index is 10.8. The molecule has 0 unspecified atom stereocenters. The molecule has 0 aliphatic carbocycles. The minimum Gasteiger partial charge on any atom is -0.476 e. The highest BCUT2D eigenvalue weighted by molar-refractivity contribution is 7.12. The van der Waals surface area contributed by atoms with E-state index in [-0.39, 0.29) is 5.69 Å². The Kier molecular flexibility index (Phi) is 3.17. The molecule has 0 bridgehead atoms. The molecule has 0 spiro atoms. The fourth-order valence-corrected chi connectivity index (χ4v) is 2.67. The summed E-state index contributed by atoms with van der Waals surface area (Å²) in [5, 5.41) is 13.6. The van der Waals surface area contributed by atoms with Crippen molar-refractivity contribution in [2.45, 2.75) is 6.92 Å². The van der Waals surface area contributed by atoms with Gasteiger partial charge in [0.1, 0.15) is 5.01 Å². The molecule has 82 valence electrons. The first-order chi connectivity index (χ1) is 7.66. The molecule has 0 aliphatic rings. The second-order valence-electron chi connectivity index (χ2n) is 3.15. The second-order valence-corrected chi connectivity index (χ2v) is 5.17. The van der Waals surface area contributed by atoms with Gasteiger partial charge in [-0.05, 0) is 35.4 Å². The number of aryl methyl sites for hydroxylation is 1. The summed E-state index contributed by atoms with van der Waals surface area (Å²) in [4.78, 5) is 15.6. The molecular formula is C11H9NO2S2. The van der Waals surface area contributed by atoms with Gasteiger partial charge in [0, 0.05) is 4.88 Å². The first-order valence-electron chi connectivity index (χ1n) is 4.58. The van der Waals surface area contributed by atoms with Crippen LogP contribution in [0.5, 0.6) is 0 Å². The summed E-state index contributed by atoms with van der Waals surface area (Å²) >= 11 is 3.01. The number of carbonyl (C=O) groups is 1. The monoisotopic (exact) mass is 251 g/mol. The molecule has 0 amide bonds. The van der Waals surface area contributed by atoms with Crippen molar-refractivity contribution in [3.05, 3.63) is 38.0 Å². The Morgan fingerprint density at radius 3 is 2.88 bits per heavy atom. The molecule has 0 aliphatic heterocycles. The molecule has 2 rings (SSSR count). The quantitative estimate of drug-likeness (QED) is 0.909. The van der Waals surface area contributed by atoms with Crippen LogP contribution in [0.15, 0.2) is 16.8 Å². The fraction of sp³-hybridized carbons (Fsp3) is 0.0909. The van der Waals surface area contributed by atoms with Crippen LogP contribution in [0, 0.1) is 6.92 Å². The summed E-state index contributed by atoms with van der Waals surface area (Å²) in [5.41, 5.74) is 1.25. The molecule has 2 aromatic heterocycles. The molecule has 2 aromatic rings. The van der Waals surface area contributed by atoms with Crippen LogP contribution in [-0.2, 0) is 0 Å². The van der Waals surface area contributed by atoms with Gasteiger partial charge in [-0.2, -0.15) is 11.3 Å². The van der Waals surface area contributed by atoms with E-state index < -0.39 is 5.97 Å². The van der Waals surface area contributed by atoms with Crippen LogP contribution in [0.3, 0.4) is 0 Å². The number of carboxylic acids is 1. The zero-order valence-electron chi connectivity index (χ0n) is 8.51. The largest absolute Gasteiger partial charge is 0.476 e. The molecule has 1 N–H and O–H groups in total. The molecule has 0 fully saturated rings. The molecule has 0 atom stereocenters.